The van der Waals surface area contributed by atoms with E-state index in [0.29, 0.717) is 19.6 Å². The third-order valence-electron chi connectivity index (χ3n) is 6.07. The van der Waals surface area contributed by atoms with E-state index in [1.165, 1.54) is 11.1 Å². The molecule has 4 rings (SSSR count). The van der Waals surface area contributed by atoms with Crippen LogP contribution in [0.25, 0.3) is 11.0 Å². The topological polar surface area (TPSA) is 69.0 Å². The zero-order valence-corrected chi connectivity index (χ0v) is 18.5. The molecule has 2 aromatic carbocycles. The molecule has 0 fully saturated rings. The van der Waals surface area contributed by atoms with Crippen LogP contribution in [0.4, 0.5) is 0 Å². The fourth-order valence-corrected chi connectivity index (χ4v) is 4.41. The van der Waals surface area contributed by atoms with Gasteiger partial charge in [-0.1, -0.05) is 41.6 Å². The summed E-state index contributed by atoms with van der Waals surface area (Å²) in [7, 11) is 0. The normalized spacial score (nSPS) is 14.7. The Morgan fingerprint density at radius 3 is 2.97 bits per heavy atom. The van der Waals surface area contributed by atoms with Gasteiger partial charge in [0.1, 0.15) is 5.52 Å². The third-order valence-corrected chi connectivity index (χ3v) is 6.07. The summed E-state index contributed by atoms with van der Waals surface area (Å²) in [6.45, 7) is 8.87. The van der Waals surface area contributed by atoms with E-state index in [0.717, 1.165) is 47.2 Å². The highest BCUT2D eigenvalue weighted by Gasteiger charge is 2.24. The fraction of sp³-hybridized carbons (Fsp3) is 0.400. The number of carbonyl (C=O) groups is 1. The maximum absolute atomic E-state index is 12.5. The maximum Gasteiger partial charge on any atom is 0.306 e. The Labute approximate surface area is 183 Å². The predicted molar refractivity (Wildman–Crippen MR) is 122 cm³/mol. The van der Waals surface area contributed by atoms with Crippen molar-refractivity contribution in [2.45, 2.75) is 52.6 Å². The molecule has 6 nitrogen and oxygen atoms in total. The Hall–Kier alpha value is -2.99. The van der Waals surface area contributed by atoms with Crippen molar-refractivity contribution in [2.24, 2.45) is 0 Å². The SMILES string of the molecule is C/C=C/Cn1nnc2c(C)c(C(CC(=O)OCC)c3ccc4c(c3)CNCC4)ccc21. The van der Waals surface area contributed by atoms with E-state index in [1.807, 2.05) is 24.6 Å². The van der Waals surface area contributed by atoms with Crippen molar-refractivity contribution in [3.8, 4) is 0 Å². The Kier molecular flexibility index (Phi) is 6.47. The molecule has 1 aliphatic heterocycles. The number of benzene rings is 2. The van der Waals surface area contributed by atoms with Crippen LogP contribution in [0.1, 0.15) is 54.0 Å². The molecule has 162 valence electrons. The first-order valence-corrected chi connectivity index (χ1v) is 11.0. The summed E-state index contributed by atoms with van der Waals surface area (Å²) in [5, 5.41) is 12.2. The minimum absolute atomic E-state index is 0.0867. The summed E-state index contributed by atoms with van der Waals surface area (Å²) in [6, 6.07) is 10.8. The lowest BCUT2D eigenvalue weighted by molar-refractivity contribution is -0.143. The average Bonchev–Trinajstić information content (AvgIpc) is 3.20. The van der Waals surface area contributed by atoms with Crippen LogP contribution >= 0.6 is 0 Å². The van der Waals surface area contributed by atoms with Crippen molar-refractivity contribution in [1.29, 1.82) is 0 Å². The fourth-order valence-electron chi connectivity index (χ4n) is 4.41. The summed E-state index contributed by atoms with van der Waals surface area (Å²) in [4.78, 5) is 12.5. The number of fused-ring (bicyclic) bond motifs is 2. The van der Waals surface area contributed by atoms with Crippen molar-refractivity contribution in [3.63, 3.8) is 0 Å². The first kappa shape index (κ1) is 21.2. The molecule has 6 heteroatoms. The van der Waals surface area contributed by atoms with Gasteiger partial charge in [0.25, 0.3) is 0 Å². The molecule has 31 heavy (non-hydrogen) atoms. The number of nitrogens with zero attached hydrogens (tertiary/aromatic N) is 3. The van der Waals surface area contributed by atoms with Gasteiger partial charge in [-0.3, -0.25) is 4.79 Å². The average molecular weight is 419 g/mol. The van der Waals surface area contributed by atoms with Gasteiger partial charge in [-0.05, 0) is 67.6 Å². The highest BCUT2D eigenvalue weighted by molar-refractivity contribution is 5.80. The lowest BCUT2D eigenvalue weighted by Gasteiger charge is -2.23. The summed E-state index contributed by atoms with van der Waals surface area (Å²) < 4.78 is 7.21. The lowest BCUT2D eigenvalue weighted by atomic mass is 9.83. The largest absolute Gasteiger partial charge is 0.466 e. The van der Waals surface area contributed by atoms with Gasteiger partial charge in [0.15, 0.2) is 0 Å². The second-order valence-corrected chi connectivity index (χ2v) is 8.00. The monoisotopic (exact) mass is 418 g/mol. The molecule has 3 aromatic rings. The van der Waals surface area contributed by atoms with Gasteiger partial charge in [0.05, 0.1) is 25.1 Å². The Balaban J connectivity index is 1.77. The minimum Gasteiger partial charge on any atom is -0.466 e. The van der Waals surface area contributed by atoms with Crippen LogP contribution in [0.3, 0.4) is 0 Å². The standard InChI is InChI=1S/C25H30N4O2/c1-4-6-13-29-23-10-9-21(17(3)25(23)27-28-29)22(15-24(30)31-5-2)19-8-7-18-11-12-26-16-20(18)14-19/h4,6-10,14,22,26H,5,11-13,15-16H2,1-3H3/b6-4+. The number of nitrogens with one attached hydrogen (secondary N) is 1. The van der Waals surface area contributed by atoms with Crippen LogP contribution in [0.5, 0.6) is 0 Å². The minimum atomic E-state index is -0.181. The highest BCUT2D eigenvalue weighted by atomic mass is 16.5. The molecule has 0 spiro atoms. The van der Waals surface area contributed by atoms with Gasteiger partial charge in [0.2, 0.25) is 0 Å². The number of hydrogen-bond acceptors (Lipinski definition) is 5. The third kappa shape index (κ3) is 4.39. The highest BCUT2D eigenvalue weighted by Crippen LogP contribution is 2.35. The van der Waals surface area contributed by atoms with Gasteiger partial charge in [0, 0.05) is 12.5 Å². The van der Waals surface area contributed by atoms with Gasteiger partial charge < -0.3 is 10.1 Å². The number of rotatable bonds is 7. The van der Waals surface area contributed by atoms with E-state index in [4.69, 9.17) is 4.74 Å². The van der Waals surface area contributed by atoms with Crippen LogP contribution in [-0.4, -0.2) is 34.1 Å². The first-order valence-electron chi connectivity index (χ1n) is 11.0. The van der Waals surface area contributed by atoms with Gasteiger partial charge in [-0.15, -0.1) is 5.10 Å². The van der Waals surface area contributed by atoms with Crippen molar-refractivity contribution >= 4 is 17.0 Å². The van der Waals surface area contributed by atoms with E-state index >= 15 is 0 Å². The molecule has 0 aliphatic carbocycles. The number of carbonyl (C=O) groups excluding carboxylic acids is 1. The molecule has 0 radical (unpaired) electrons. The molecular weight excluding hydrogens is 388 g/mol. The van der Waals surface area contributed by atoms with Crippen LogP contribution in [0.15, 0.2) is 42.5 Å². The summed E-state index contributed by atoms with van der Waals surface area (Å²) >= 11 is 0. The molecule has 0 bridgehead atoms. The molecule has 0 saturated carbocycles. The molecule has 2 heterocycles. The smallest absolute Gasteiger partial charge is 0.306 e. The maximum atomic E-state index is 12.5. The summed E-state index contributed by atoms with van der Waals surface area (Å²) in [6.07, 6.45) is 5.41. The molecule has 1 aromatic heterocycles. The first-order chi connectivity index (χ1) is 15.1. The molecule has 1 N–H and O–H groups in total. The number of aryl methyl sites for hydroxylation is 1. The summed E-state index contributed by atoms with van der Waals surface area (Å²) in [5.74, 6) is -0.268. The van der Waals surface area contributed by atoms with Crippen LogP contribution < -0.4 is 5.32 Å². The van der Waals surface area contributed by atoms with Crippen molar-refractivity contribution in [2.75, 3.05) is 13.2 Å². The predicted octanol–water partition coefficient (Wildman–Crippen LogP) is 4.05. The molecule has 1 atom stereocenters. The van der Waals surface area contributed by atoms with Crippen molar-refractivity contribution in [1.82, 2.24) is 20.3 Å². The van der Waals surface area contributed by atoms with Crippen LogP contribution in [0, 0.1) is 6.92 Å². The Bertz CT molecular complexity index is 1120. The Morgan fingerprint density at radius 2 is 2.16 bits per heavy atom. The number of aromatic nitrogens is 3. The number of allylic oxidation sites excluding steroid dienone is 2. The van der Waals surface area contributed by atoms with Crippen LogP contribution in [-0.2, 0) is 29.0 Å². The van der Waals surface area contributed by atoms with Gasteiger partial charge in [-0.2, -0.15) is 0 Å². The molecule has 1 unspecified atom stereocenters. The van der Waals surface area contributed by atoms with Gasteiger partial charge in [-0.25, -0.2) is 4.68 Å². The zero-order chi connectivity index (χ0) is 21.8. The molecule has 0 saturated heterocycles. The number of ether oxygens (including phenoxy) is 1. The van der Waals surface area contributed by atoms with E-state index in [1.54, 1.807) is 0 Å². The van der Waals surface area contributed by atoms with Crippen molar-refractivity contribution in [3.05, 3.63) is 70.3 Å². The van der Waals surface area contributed by atoms with Crippen molar-refractivity contribution < 1.29 is 9.53 Å². The quantitative estimate of drug-likeness (QED) is 0.463. The molecule has 1 aliphatic rings. The molecule has 0 amide bonds. The van der Waals surface area contributed by atoms with E-state index in [-0.39, 0.29) is 11.9 Å². The number of hydrogen-bond donors (Lipinski definition) is 1. The van der Waals surface area contributed by atoms with Gasteiger partial charge >= 0.3 is 5.97 Å². The van der Waals surface area contributed by atoms with E-state index < -0.39 is 0 Å². The van der Waals surface area contributed by atoms with Crippen LogP contribution in [0.2, 0.25) is 0 Å². The molecular formula is C25H30N4O2. The lowest BCUT2D eigenvalue weighted by Crippen LogP contribution is -2.24. The zero-order valence-electron chi connectivity index (χ0n) is 18.5. The van der Waals surface area contributed by atoms with E-state index in [9.17, 15) is 4.79 Å². The number of esters is 1. The Morgan fingerprint density at radius 1 is 1.29 bits per heavy atom. The summed E-state index contributed by atoms with van der Waals surface area (Å²) in [5.41, 5.74) is 7.89. The second kappa shape index (κ2) is 9.43. The second-order valence-electron chi connectivity index (χ2n) is 8.00. The van der Waals surface area contributed by atoms with E-state index in [2.05, 4.69) is 59.0 Å².